The molecule has 1 amide bonds. The molecule has 8 heteroatoms. The number of carbonyl (C=O) groups excluding carboxylic acids is 1. The summed E-state index contributed by atoms with van der Waals surface area (Å²) in [5.41, 5.74) is 3.40. The molecular formula is C21H20N4O4. The maximum atomic E-state index is 12.4. The average molecular weight is 392 g/mol. The minimum absolute atomic E-state index is 0.148. The normalized spacial score (nSPS) is 11.1. The number of hydrogen-bond donors (Lipinski definition) is 2. The zero-order chi connectivity index (χ0) is 20.5. The molecule has 0 saturated carbocycles. The molecule has 0 bridgehead atoms. The summed E-state index contributed by atoms with van der Waals surface area (Å²) in [5, 5.41) is 11.4. The molecular weight excluding hydrogens is 372 g/mol. The number of aromatic nitrogens is 3. The third-order valence-corrected chi connectivity index (χ3v) is 4.98. The van der Waals surface area contributed by atoms with Gasteiger partial charge in [0.25, 0.3) is 0 Å². The van der Waals surface area contributed by atoms with Crippen LogP contribution in [0.25, 0.3) is 22.0 Å². The van der Waals surface area contributed by atoms with Crippen molar-refractivity contribution in [2.24, 2.45) is 0 Å². The van der Waals surface area contributed by atoms with Crippen molar-refractivity contribution < 1.29 is 13.9 Å². The number of benzene rings is 1. The van der Waals surface area contributed by atoms with E-state index in [0.717, 1.165) is 22.0 Å². The van der Waals surface area contributed by atoms with Crippen LogP contribution in [0.3, 0.4) is 0 Å². The lowest BCUT2D eigenvalue weighted by Gasteiger charge is -2.09. The zero-order valence-electron chi connectivity index (χ0n) is 16.3. The molecule has 0 aliphatic rings. The minimum atomic E-state index is -0.437. The summed E-state index contributed by atoms with van der Waals surface area (Å²) in [7, 11) is 1.56. The highest BCUT2D eigenvalue weighted by atomic mass is 16.5. The van der Waals surface area contributed by atoms with Crippen LogP contribution in [0.15, 0.2) is 39.7 Å². The highest BCUT2D eigenvalue weighted by Gasteiger charge is 2.14. The molecule has 8 nitrogen and oxygen atoms in total. The molecule has 0 aliphatic carbocycles. The van der Waals surface area contributed by atoms with Crippen LogP contribution in [0, 0.1) is 13.8 Å². The van der Waals surface area contributed by atoms with Crippen molar-refractivity contribution in [1.29, 1.82) is 0 Å². The molecule has 2 N–H and O–H groups in total. The maximum absolute atomic E-state index is 12.4. The van der Waals surface area contributed by atoms with E-state index in [1.165, 1.54) is 0 Å². The average Bonchev–Trinajstić information content (AvgIpc) is 3.07. The first kappa shape index (κ1) is 18.7. The highest BCUT2D eigenvalue weighted by Crippen LogP contribution is 2.24. The maximum Gasteiger partial charge on any atom is 0.339 e. The third-order valence-electron chi connectivity index (χ3n) is 4.98. The van der Waals surface area contributed by atoms with E-state index in [9.17, 15) is 9.59 Å². The Morgan fingerprint density at radius 3 is 2.86 bits per heavy atom. The molecule has 4 rings (SSSR count). The van der Waals surface area contributed by atoms with E-state index < -0.39 is 5.63 Å². The van der Waals surface area contributed by atoms with Gasteiger partial charge in [0.05, 0.1) is 19.0 Å². The molecule has 3 heterocycles. The number of H-pyrrole nitrogens is 1. The van der Waals surface area contributed by atoms with Crippen LogP contribution in [0.2, 0.25) is 0 Å². The number of rotatable bonds is 5. The van der Waals surface area contributed by atoms with Crippen molar-refractivity contribution in [3.05, 3.63) is 57.7 Å². The van der Waals surface area contributed by atoms with Gasteiger partial charge in [0, 0.05) is 34.5 Å². The summed E-state index contributed by atoms with van der Waals surface area (Å²) in [6.07, 6.45) is 1.99. The van der Waals surface area contributed by atoms with E-state index in [2.05, 4.69) is 20.5 Å². The van der Waals surface area contributed by atoms with Gasteiger partial charge in [-0.25, -0.2) is 9.78 Å². The van der Waals surface area contributed by atoms with Gasteiger partial charge < -0.3 is 14.5 Å². The molecule has 1 aromatic carbocycles. The van der Waals surface area contributed by atoms with E-state index >= 15 is 0 Å². The number of ether oxygens (including phenoxy) is 1. The number of aromatic amines is 1. The Bertz CT molecular complexity index is 1290. The number of aryl methyl sites for hydroxylation is 2. The summed E-state index contributed by atoms with van der Waals surface area (Å²) in [6.45, 7) is 3.75. The number of pyridine rings is 1. The molecule has 0 atom stereocenters. The lowest BCUT2D eigenvalue weighted by Crippen LogP contribution is -2.16. The summed E-state index contributed by atoms with van der Waals surface area (Å²) < 4.78 is 10.6. The molecule has 3 aromatic heterocycles. The van der Waals surface area contributed by atoms with Crippen molar-refractivity contribution in [2.45, 2.75) is 26.7 Å². The number of methoxy groups -OCH3 is 1. The van der Waals surface area contributed by atoms with Crippen molar-refractivity contribution in [3.63, 3.8) is 0 Å². The summed E-state index contributed by atoms with van der Waals surface area (Å²) in [4.78, 5) is 29.0. The standard InChI is InChI=1S/C21H20N4O4/c1-11-15-5-4-14(28-3)9-18(15)29-21(27)16(11)6-7-19(26)23-13-8-17-12(2)24-25-20(17)22-10-13/h4-5,8-10H,6-7H2,1-3H3,(H,23,26)(H,22,24,25). The minimum Gasteiger partial charge on any atom is -0.497 e. The summed E-state index contributed by atoms with van der Waals surface area (Å²) in [6, 6.07) is 7.17. The fourth-order valence-corrected chi connectivity index (χ4v) is 3.34. The van der Waals surface area contributed by atoms with Crippen molar-refractivity contribution in [1.82, 2.24) is 15.2 Å². The predicted molar refractivity (Wildman–Crippen MR) is 109 cm³/mol. The number of carbonyl (C=O) groups is 1. The molecule has 0 fully saturated rings. The second-order valence-electron chi connectivity index (χ2n) is 6.85. The lowest BCUT2D eigenvalue weighted by atomic mass is 10.0. The first-order chi connectivity index (χ1) is 14.0. The van der Waals surface area contributed by atoms with Gasteiger partial charge in [0.1, 0.15) is 11.3 Å². The van der Waals surface area contributed by atoms with E-state index in [-0.39, 0.29) is 18.7 Å². The predicted octanol–water partition coefficient (Wildman–Crippen LogP) is 3.26. The van der Waals surface area contributed by atoms with Gasteiger partial charge in [-0.2, -0.15) is 5.10 Å². The number of fused-ring (bicyclic) bond motifs is 2. The first-order valence-corrected chi connectivity index (χ1v) is 9.17. The Hall–Kier alpha value is -3.68. The molecule has 0 spiro atoms. The number of nitrogens with zero attached hydrogens (tertiary/aromatic N) is 2. The van der Waals surface area contributed by atoms with Crippen molar-refractivity contribution in [2.75, 3.05) is 12.4 Å². The fraction of sp³-hybridized carbons (Fsp3) is 0.238. The van der Waals surface area contributed by atoms with E-state index in [1.807, 2.05) is 32.0 Å². The second-order valence-corrected chi connectivity index (χ2v) is 6.85. The van der Waals surface area contributed by atoms with Crippen LogP contribution >= 0.6 is 0 Å². The van der Waals surface area contributed by atoms with Crippen LogP contribution in [-0.4, -0.2) is 28.2 Å². The summed E-state index contributed by atoms with van der Waals surface area (Å²) >= 11 is 0. The van der Waals surface area contributed by atoms with Crippen molar-refractivity contribution >= 4 is 33.6 Å². The molecule has 4 aromatic rings. The Morgan fingerprint density at radius 1 is 1.24 bits per heavy atom. The van der Waals surface area contributed by atoms with Crippen LogP contribution in [0.1, 0.15) is 23.2 Å². The van der Waals surface area contributed by atoms with Gasteiger partial charge in [0.15, 0.2) is 5.65 Å². The smallest absolute Gasteiger partial charge is 0.339 e. The Labute approximate surface area is 165 Å². The molecule has 0 saturated heterocycles. The van der Waals surface area contributed by atoms with E-state index in [1.54, 1.807) is 19.4 Å². The monoisotopic (exact) mass is 392 g/mol. The fourth-order valence-electron chi connectivity index (χ4n) is 3.34. The zero-order valence-corrected chi connectivity index (χ0v) is 16.3. The van der Waals surface area contributed by atoms with Gasteiger partial charge in [-0.05, 0) is 44.0 Å². The highest BCUT2D eigenvalue weighted by molar-refractivity contribution is 5.93. The largest absolute Gasteiger partial charge is 0.497 e. The van der Waals surface area contributed by atoms with Gasteiger partial charge in [0.2, 0.25) is 5.91 Å². The number of nitrogens with one attached hydrogen (secondary N) is 2. The van der Waals surface area contributed by atoms with E-state index in [4.69, 9.17) is 9.15 Å². The van der Waals surface area contributed by atoms with Gasteiger partial charge in [-0.15, -0.1) is 0 Å². The number of anilines is 1. The lowest BCUT2D eigenvalue weighted by molar-refractivity contribution is -0.116. The van der Waals surface area contributed by atoms with Gasteiger partial charge >= 0.3 is 5.63 Å². The van der Waals surface area contributed by atoms with Crippen LogP contribution in [0.5, 0.6) is 5.75 Å². The Kier molecular flexibility index (Phi) is 4.75. The van der Waals surface area contributed by atoms with Crippen molar-refractivity contribution in [3.8, 4) is 5.75 Å². The Morgan fingerprint density at radius 2 is 2.07 bits per heavy atom. The quantitative estimate of drug-likeness (QED) is 0.505. The molecule has 148 valence electrons. The molecule has 0 unspecified atom stereocenters. The first-order valence-electron chi connectivity index (χ1n) is 9.17. The summed E-state index contributed by atoms with van der Waals surface area (Å²) in [5.74, 6) is 0.409. The van der Waals surface area contributed by atoms with Crippen LogP contribution in [0.4, 0.5) is 5.69 Å². The molecule has 0 aliphatic heterocycles. The van der Waals surface area contributed by atoms with Crippen LogP contribution < -0.4 is 15.7 Å². The molecule has 0 radical (unpaired) electrons. The van der Waals surface area contributed by atoms with Crippen LogP contribution in [-0.2, 0) is 11.2 Å². The topological polar surface area (TPSA) is 110 Å². The second kappa shape index (κ2) is 7.38. The third kappa shape index (κ3) is 3.56. The number of hydrogen-bond acceptors (Lipinski definition) is 6. The van der Waals surface area contributed by atoms with E-state index in [0.29, 0.717) is 28.2 Å². The SMILES string of the molecule is COc1ccc2c(C)c(CCC(=O)Nc3cnc4n[nH]c(C)c4c3)c(=O)oc2c1. The van der Waals surface area contributed by atoms with Gasteiger partial charge in [-0.1, -0.05) is 0 Å². The Balaban J connectivity index is 1.51. The molecule has 29 heavy (non-hydrogen) atoms. The van der Waals surface area contributed by atoms with Gasteiger partial charge in [-0.3, -0.25) is 9.89 Å². The number of amides is 1.